The number of ether oxygens (including phenoxy) is 2. The van der Waals surface area contributed by atoms with Crippen molar-refractivity contribution in [2.45, 2.75) is 52.1 Å². The van der Waals surface area contributed by atoms with Crippen LogP contribution in [0.5, 0.6) is 11.5 Å². The van der Waals surface area contributed by atoms with Crippen molar-refractivity contribution < 1.29 is 32.5 Å². The van der Waals surface area contributed by atoms with Crippen molar-refractivity contribution in [1.82, 2.24) is 10.4 Å². The maximum Gasteiger partial charge on any atom is 0.416 e. The van der Waals surface area contributed by atoms with Crippen LogP contribution < -0.4 is 14.9 Å². The van der Waals surface area contributed by atoms with E-state index in [-0.39, 0.29) is 12.8 Å². The van der Waals surface area contributed by atoms with Crippen LogP contribution in [-0.4, -0.2) is 46.8 Å². The number of hydrogen-bond acceptors (Lipinski definition) is 6. The van der Waals surface area contributed by atoms with Crippen LogP contribution in [0.1, 0.15) is 43.9 Å². The molecule has 0 saturated heterocycles. The molecule has 0 amide bonds. The molecule has 10 heteroatoms. The fraction of sp³-hybridized carbons (Fsp3) is 0.417. The first-order valence-corrected chi connectivity index (χ1v) is 10.9. The summed E-state index contributed by atoms with van der Waals surface area (Å²) >= 11 is 0. The third-order valence-electron chi connectivity index (χ3n) is 5.26. The van der Waals surface area contributed by atoms with Gasteiger partial charge < -0.3 is 20.0 Å². The van der Waals surface area contributed by atoms with Crippen molar-refractivity contribution >= 4 is 11.8 Å². The molecule has 0 fully saturated rings. The van der Waals surface area contributed by atoms with Crippen LogP contribution in [0.25, 0.3) is 0 Å². The molecule has 1 aliphatic heterocycles. The SMILES string of the molecule is CCCN1NC(c2ccc(C(F)(F)F)cc2)=NC1COc1ccc(OC(C)(C)C(=O)O)c(C)c1. The van der Waals surface area contributed by atoms with Crippen molar-refractivity contribution in [2.24, 2.45) is 4.99 Å². The molecule has 3 rings (SSSR count). The summed E-state index contributed by atoms with van der Waals surface area (Å²) in [4.78, 5) is 15.9. The van der Waals surface area contributed by atoms with Gasteiger partial charge in [-0.1, -0.05) is 19.1 Å². The molecular formula is C24H28F3N3O4. The lowest BCUT2D eigenvalue weighted by Crippen LogP contribution is -2.43. The van der Waals surface area contributed by atoms with Gasteiger partial charge in [0.2, 0.25) is 0 Å². The van der Waals surface area contributed by atoms with Crippen LogP contribution in [-0.2, 0) is 11.0 Å². The Morgan fingerprint density at radius 2 is 1.85 bits per heavy atom. The normalized spacial score (nSPS) is 16.7. The molecule has 0 spiro atoms. The van der Waals surface area contributed by atoms with Gasteiger partial charge in [0.25, 0.3) is 0 Å². The lowest BCUT2D eigenvalue weighted by Gasteiger charge is -2.24. The van der Waals surface area contributed by atoms with Crippen molar-refractivity contribution in [1.29, 1.82) is 0 Å². The van der Waals surface area contributed by atoms with Gasteiger partial charge in [-0.05, 0) is 63.1 Å². The highest BCUT2D eigenvalue weighted by Crippen LogP contribution is 2.30. The molecule has 1 unspecified atom stereocenters. The Morgan fingerprint density at radius 1 is 1.18 bits per heavy atom. The summed E-state index contributed by atoms with van der Waals surface area (Å²) in [7, 11) is 0. The Balaban J connectivity index is 1.70. The number of hydrazine groups is 1. The number of benzene rings is 2. The van der Waals surface area contributed by atoms with Gasteiger partial charge in [-0.15, -0.1) is 0 Å². The fourth-order valence-corrected chi connectivity index (χ4v) is 3.30. The zero-order chi connectivity index (χ0) is 25.1. The number of nitrogens with one attached hydrogen (secondary N) is 1. The van der Waals surface area contributed by atoms with Crippen molar-refractivity contribution in [3.63, 3.8) is 0 Å². The largest absolute Gasteiger partial charge is 0.490 e. The number of carboxylic acid groups (broad SMARTS) is 1. The summed E-state index contributed by atoms with van der Waals surface area (Å²) in [6, 6.07) is 9.94. The number of aliphatic imine (C=N–C) groups is 1. The van der Waals surface area contributed by atoms with Crippen LogP contribution >= 0.6 is 0 Å². The summed E-state index contributed by atoms with van der Waals surface area (Å²) in [5.41, 5.74) is 2.34. The second-order valence-corrected chi connectivity index (χ2v) is 8.49. The molecule has 2 aromatic rings. The average Bonchev–Trinajstić information content (AvgIpc) is 3.16. The number of hydrogen-bond donors (Lipinski definition) is 2. The maximum absolute atomic E-state index is 12.8. The van der Waals surface area contributed by atoms with Crippen LogP contribution in [0, 0.1) is 6.92 Å². The zero-order valence-corrected chi connectivity index (χ0v) is 19.4. The molecule has 184 valence electrons. The Hall–Kier alpha value is -3.27. The zero-order valence-electron chi connectivity index (χ0n) is 19.4. The highest BCUT2D eigenvalue weighted by Gasteiger charge is 2.32. The van der Waals surface area contributed by atoms with E-state index in [2.05, 4.69) is 10.4 Å². The molecule has 1 aliphatic rings. The molecule has 1 atom stereocenters. The van der Waals surface area contributed by atoms with Gasteiger partial charge in [0.05, 0.1) is 5.56 Å². The molecule has 1 heterocycles. The van der Waals surface area contributed by atoms with Gasteiger partial charge >= 0.3 is 12.1 Å². The molecule has 0 radical (unpaired) electrons. The van der Waals surface area contributed by atoms with E-state index < -0.39 is 23.3 Å². The highest BCUT2D eigenvalue weighted by molar-refractivity contribution is 5.99. The minimum Gasteiger partial charge on any atom is -0.490 e. The lowest BCUT2D eigenvalue weighted by molar-refractivity contribution is -0.152. The molecule has 0 aromatic heterocycles. The number of amidine groups is 1. The van der Waals surface area contributed by atoms with Crippen molar-refractivity contribution in [2.75, 3.05) is 13.2 Å². The van der Waals surface area contributed by atoms with Gasteiger partial charge in [-0.25, -0.2) is 9.79 Å². The number of carbonyl (C=O) groups is 1. The topological polar surface area (TPSA) is 83.4 Å². The molecule has 2 N–H and O–H groups in total. The van der Waals surface area contributed by atoms with Gasteiger partial charge in [0.15, 0.2) is 11.8 Å². The minimum atomic E-state index is -4.39. The molecule has 0 saturated carbocycles. The number of halogens is 3. The van der Waals surface area contributed by atoms with Gasteiger partial charge in [0.1, 0.15) is 23.9 Å². The molecule has 34 heavy (non-hydrogen) atoms. The standard InChI is InChI=1S/C24H28F3N3O4/c1-5-12-30-20(28-21(29-30)16-6-8-17(9-7-16)24(25,26)27)14-33-18-10-11-19(15(2)13-18)34-23(3,4)22(31)32/h6-11,13,20H,5,12,14H2,1-4H3,(H,28,29)(H,31,32). The summed E-state index contributed by atoms with van der Waals surface area (Å²) < 4.78 is 50.1. The number of carboxylic acids is 1. The monoisotopic (exact) mass is 479 g/mol. The van der Waals surface area contributed by atoms with E-state index in [9.17, 15) is 23.1 Å². The molecule has 0 bridgehead atoms. The quantitative estimate of drug-likeness (QED) is 0.545. The van der Waals surface area contributed by atoms with Crippen molar-refractivity contribution in [3.05, 3.63) is 59.2 Å². The van der Waals surface area contributed by atoms with Crippen LogP contribution in [0.4, 0.5) is 13.2 Å². The first kappa shape index (κ1) is 25.4. The van der Waals surface area contributed by atoms with Crippen molar-refractivity contribution in [3.8, 4) is 11.5 Å². The first-order chi connectivity index (χ1) is 15.9. The van der Waals surface area contributed by atoms with Crippen LogP contribution in [0.2, 0.25) is 0 Å². The first-order valence-electron chi connectivity index (χ1n) is 10.9. The third kappa shape index (κ3) is 5.99. The number of aryl methyl sites for hydroxylation is 1. The molecule has 7 nitrogen and oxygen atoms in total. The second kappa shape index (κ2) is 9.92. The average molecular weight is 479 g/mol. The highest BCUT2D eigenvalue weighted by atomic mass is 19.4. The van der Waals surface area contributed by atoms with Gasteiger partial charge in [-0.2, -0.15) is 18.2 Å². The van der Waals surface area contributed by atoms with E-state index in [1.807, 2.05) is 11.9 Å². The summed E-state index contributed by atoms with van der Waals surface area (Å²) in [5.74, 6) is 0.412. The number of alkyl halides is 3. The maximum atomic E-state index is 12.8. The van der Waals surface area contributed by atoms with E-state index in [1.54, 1.807) is 25.1 Å². The van der Waals surface area contributed by atoms with Gasteiger partial charge in [-0.3, -0.25) is 0 Å². The Kier molecular flexibility index (Phi) is 7.40. The van der Waals surface area contributed by atoms with E-state index in [1.165, 1.54) is 26.0 Å². The number of rotatable bonds is 9. The molecule has 2 aromatic carbocycles. The predicted molar refractivity (Wildman–Crippen MR) is 121 cm³/mol. The Labute approximate surface area is 196 Å². The third-order valence-corrected chi connectivity index (χ3v) is 5.26. The smallest absolute Gasteiger partial charge is 0.416 e. The van der Waals surface area contributed by atoms with Gasteiger partial charge in [0, 0.05) is 12.1 Å². The lowest BCUT2D eigenvalue weighted by atomic mass is 10.1. The summed E-state index contributed by atoms with van der Waals surface area (Å²) in [6.45, 7) is 7.62. The van der Waals surface area contributed by atoms with E-state index in [0.717, 1.165) is 24.1 Å². The summed E-state index contributed by atoms with van der Waals surface area (Å²) in [6.07, 6.45) is -3.93. The fourth-order valence-electron chi connectivity index (χ4n) is 3.30. The summed E-state index contributed by atoms with van der Waals surface area (Å²) in [5, 5.41) is 11.1. The van der Waals surface area contributed by atoms with Crippen LogP contribution in [0.3, 0.4) is 0 Å². The van der Waals surface area contributed by atoms with E-state index in [0.29, 0.717) is 29.4 Å². The van der Waals surface area contributed by atoms with E-state index >= 15 is 0 Å². The Morgan fingerprint density at radius 3 is 2.41 bits per heavy atom. The molecular weight excluding hydrogens is 451 g/mol. The predicted octanol–water partition coefficient (Wildman–Crippen LogP) is 4.64. The van der Waals surface area contributed by atoms with Crippen LogP contribution in [0.15, 0.2) is 47.5 Å². The second-order valence-electron chi connectivity index (χ2n) is 8.49. The Bertz CT molecular complexity index is 1050. The number of aliphatic carboxylic acids is 1. The minimum absolute atomic E-state index is 0.206. The number of nitrogens with zero attached hydrogens (tertiary/aromatic N) is 2. The van der Waals surface area contributed by atoms with E-state index in [4.69, 9.17) is 9.47 Å². The molecule has 0 aliphatic carbocycles.